The molecule has 2 N–H and O–H groups in total. The maximum atomic E-state index is 12.2. The van der Waals surface area contributed by atoms with Gasteiger partial charge in [-0.1, -0.05) is 11.8 Å². The summed E-state index contributed by atoms with van der Waals surface area (Å²) in [7, 11) is 0. The van der Waals surface area contributed by atoms with Crippen LogP contribution in [0.2, 0.25) is 0 Å². The number of rotatable bonds is 4. The fourth-order valence-electron chi connectivity index (χ4n) is 2.00. The molecule has 1 amide bonds. The molecule has 3 aromatic rings. The number of hydrogen-bond acceptors (Lipinski definition) is 3. The van der Waals surface area contributed by atoms with Crippen LogP contribution in [0.3, 0.4) is 0 Å². The Hall–Kier alpha value is -2.41. The maximum absolute atomic E-state index is 12.2. The molecule has 0 unspecified atom stereocenters. The number of aromatic amines is 1. The molecule has 1 aromatic heterocycles. The Morgan fingerprint density at radius 3 is 2.68 bits per heavy atom. The number of nitrogens with one attached hydrogen (secondary N) is 2. The van der Waals surface area contributed by atoms with Gasteiger partial charge in [-0.05, 0) is 42.5 Å². The number of amides is 1. The molecule has 0 bridgehead atoms. The minimum Gasteiger partial charge on any atom is -0.345 e. The zero-order valence-corrected chi connectivity index (χ0v) is 12.0. The van der Waals surface area contributed by atoms with Crippen LogP contribution < -0.4 is 5.32 Å². The highest BCUT2D eigenvalue weighted by atomic mass is 32.2. The average molecular weight is 319 g/mol. The second-order valence-electron chi connectivity index (χ2n) is 4.49. The number of alkyl halides is 2. The molecule has 0 fully saturated rings. The lowest BCUT2D eigenvalue weighted by molar-refractivity contribution is 0.102. The standard InChI is InChI=1S/C15H11F2N3OS/c16-15(17)22-11-4-2-10(3-5-11)20-14(21)9-1-6-12-13(7-9)19-8-18-12/h1-8,15H,(H,18,19)(H,20,21). The number of carbonyl (C=O) groups is 1. The molecule has 1 heterocycles. The van der Waals surface area contributed by atoms with Gasteiger partial charge in [0.2, 0.25) is 0 Å². The van der Waals surface area contributed by atoms with E-state index in [4.69, 9.17) is 0 Å². The molecule has 0 radical (unpaired) electrons. The molecule has 0 saturated heterocycles. The Morgan fingerprint density at radius 1 is 1.18 bits per heavy atom. The van der Waals surface area contributed by atoms with Crippen molar-refractivity contribution in [2.75, 3.05) is 5.32 Å². The Kier molecular flexibility index (Phi) is 4.06. The van der Waals surface area contributed by atoms with E-state index in [-0.39, 0.29) is 5.91 Å². The summed E-state index contributed by atoms with van der Waals surface area (Å²) in [4.78, 5) is 19.6. The Bertz CT molecular complexity index is 802. The van der Waals surface area contributed by atoms with Gasteiger partial charge in [-0.3, -0.25) is 4.79 Å². The van der Waals surface area contributed by atoms with E-state index >= 15 is 0 Å². The van der Waals surface area contributed by atoms with Gasteiger partial charge < -0.3 is 10.3 Å². The fraction of sp³-hybridized carbons (Fsp3) is 0.0667. The van der Waals surface area contributed by atoms with Crippen molar-refractivity contribution in [3.05, 3.63) is 54.4 Å². The van der Waals surface area contributed by atoms with E-state index in [0.717, 1.165) is 11.0 Å². The Morgan fingerprint density at radius 2 is 1.95 bits per heavy atom. The Labute approximate surface area is 128 Å². The molecule has 7 heteroatoms. The smallest absolute Gasteiger partial charge is 0.288 e. The van der Waals surface area contributed by atoms with Gasteiger partial charge in [-0.2, -0.15) is 8.78 Å². The predicted octanol–water partition coefficient (Wildman–Crippen LogP) is 4.13. The zero-order valence-electron chi connectivity index (χ0n) is 11.2. The summed E-state index contributed by atoms with van der Waals surface area (Å²) < 4.78 is 24.5. The van der Waals surface area contributed by atoms with Crippen molar-refractivity contribution in [3.63, 3.8) is 0 Å². The van der Waals surface area contributed by atoms with Gasteiger partial charge in [0.1, 0.15) is 0 Å². The van der Waals surface area contributed by atoms with Crippen molar-refractivity contribution >= 4 is 34.4 Å². The van der Waals surface area contributed by atoms with Crippen molar-refractivity contribution in [1.82, 2.24) is 9.97 Å². The van der Waals surface area contributed by atoms with Crippen LogP contribution in [0.5, 0.6) is 0 Å². The van der Waals surface area contributed by atoms with Gasteiger partial charge in [-0.15, -0.1) is 0 Å². The number of aromatic nitrogens is 2. The first-order valence-electron chi connectivity index (χ1n) is 6.41. The topological polar surface area (TPSA) is 57.8 Å². The summed E-state index contributed by atoms with van der Waals surface area (Å²) in [6, 6.07) is 11.4. The highest BCUT2D eigenvalue weighted by Gasteiger charge is 2.09. The third kappa shape index (κ3) is 3.25. The van der Waals surface area contributed by atoms with Crippen molar-refractivity contribution in [2.24, 2.45) is 0 Å². The maximum Gasteiger partial charge on any atom is 0.288 e. The summed E-state index contributed by atoms with van der Waals surface area (Å²) in [5.41, 5.74) is 2.59. The number of carbonyl (C=O) groups excluding carboxylic acids is 1. The largest absolute Gasteiger partial charge is 0.345 e. The molecule has 2 aromatic carbocycles. The summed E-state index contributed by atoms with van der Waals surface area (Å²) in [5.74, 6) is -2.73. The number of halogens is 2. The average Bonchev–Trinajstić information content (AvgIpc) is 2.96. The first kappa shape index (κ1) is 14.5. The molecule has 0 aliphatic carbocycles. The minimum absolute atomic E-state index is 0.272. The van der Waals surface area contributed by atoms with Crippen molar-refractivity contribution in [2.45, 2.75) is 10.7 Å². The molecule has 0 aliphatic heterocycles. The van der Waals surface area contributed by atoms with Gasteiger partial charge >= 0.3 is 0 Å². The molecule has 22 heavy (non-hydrogen) atoms. The summed E-state index contributed by atoms with van der Waals surface area (Å²) in [6.07, 6.45) is 1.56. The minimum atomic E-state index is -2.46. The molecule has 3 rings (SSSR count). The molecule has 112 valence electrons. The van der Waals surface area contributed by atoms with Crippen LogP contribution in [-0.4, -0.2) is 21.6 Å². The molecule has 0 atom stereocenters. The third-order valence-corrected chi connectivity index (χ3v) is 3.74. The summed E-state index contributed by atoms with van der Waals surface area (Å²) in [6.45, 7) is 0. The lowest BCUT2D eigenvalue weighted by Crippen LogP contribution is -2.11. The number of hydrogen-bond donors (Lipinski definition) is 2. The van der Waals surface area contributed by atoms with Crippen molar-refractivity contribution in [3.8, 4) is 0 Å². The number of anilines is 1. The van der Waals surface area contributed by atoms with Crippen LogP contribution in [0.1, 0.15) is 10.4 Å². The normalized spacial score (nSPS) is 11.0. The van der Waals surface area contributed by atoms with E-state index in [2.05, 4.69) is 15.3 Å². The van der Waals surface area contributed by atoms with Crippen LogP contribution in [0, 0.1) is 0 Å². The van der Waals surface area contributed by atoms with Crippen LogP contribution in [0.25, 0.3) is 11.0 Å². The number of benzene rings is 2. The van der Waals surface area contributed by atoms with Crippen molar-refractivity contribution < 1.29 is 13.6 Å². The van der Waals surface area contributed by atoms with Crippen LogP contribution in [-0.2, 0) is 0 Å². The highest BCUT2D eigenvalue weighted by molar-refractivity contribution is 7.99. The van der Waals surface area contributed by atoms with E-state index < -0.39 is 5.76 Å². The van der Waals surface area contributed by atoms with Gasteiger partial charge in [0.25, 0.3) is 11.7 Å². The third-order valence-electron chi connectivity index (χ3n) is 3.02. The first-order chi connectivity index (χ1) is 10.6. The predicted molar refractivity (Wildman–Crippen MR) is 82.3 cm³/mol. The molecular formula is C15H11F2N3OS. The van der Waals surface area contributed by atoms with Gasteiger partial charge in [-0.25, -0.2) is 4.98 Å². The lowest BCUT2D eigenvalue weighted by Gasteiger charge is -2.06. The molecular weight excluding hydrogens is 308 g/mol. The Balaban J connectivity index is 1.73. The molecule has 4 nitrogen and oxygen atoms in total. The first-order valence-corrected chi connectivity index (χ1v) is 7.29. The van der Waals surface area contributed by atoms with Gasteiger partial charge in [0, 0.05) is 16.1 Å². The second-order valence-corrected chi connectivity index (χ2v) is 5.55. The van der Waals surface area contributed by atoms with Crippen molar-refractivity contribution in [1.29, 1.82) is 0 Å². The molecule has 0 spiro atoms. The highest BCUT2D eigenvalue weighted by Crippen LogP contribution is 2.26. The van der Waals surface area contributed by atoms with E-state index in [1.165, 1.54) is 0 Å². The van der Waals surface area contributed by atoms with E-state index in [9.17, 15) is 13.6 Å². The number of H-pyrrole nitrogens is 1. The number of imidazole rings is 1. The fourth-order valence-corrected chi connectivity index (χ4v) is 2.50. The monoisotopic (exact) mass is 319 g/mol. The number of thioether (sulfide) groups is 1. The summed E-state index contributed by atoms with van der Waals surface area (Å²) in [5, 5.41) is 2.73. The number of fused-ring (bicyclic) bond motifs is 1. The van der Waals surface area contributed by atoms with E-state index in [0.29, 0.717) is 27.9 Å². The quantitative estimate of drug-likeness (QED) is 0.711. The molecule has 0 saturated carbocycles. The van der Waals surface area contributed by atoms with Crippen LogP contribution in [0.15, 0.2) is 53.7 Å². The SMILES string of the molecule is O=C(Nc1ccc(SC(F)F)cc1)c1ccc2nc[nH]c2c1. The number of nitrogens with zero attached hydrogens (tertiary/aromatic N) is 1. The van der Waals surface area contributed by atoms with Crippen LogP contribution >= 0.6 is 11.8 Å². The zero-order chi connectivity index (χ0) is 15.5. The lowest BCUT2D eigenvalue weighted by atomic mass is 10.2. The summed E-state index contributed by atoms with van der Waals surface area (Å²) >= 11 is 0.468. The second kappa shape index (κ2) is 6.15. The van der Waals surface area contributed by atoms with Gasteiger partial charge in [0.05, 0.1) is 17.4 Å². The van der Waals surface area contributed by atoms with E-state index in [1.807, 2.05) is 0 Å². The van der Waals surface area contributed by atoms with E-state index in [1.54, 1.807) is 48.8 Å². The molecule has 0 aliphatic rings. The van der Waals surface area contributed by atoms with Gasteiger partial charge in [0.15, 0.2) is 0 Å². The van der Waals surface area contributed by atoms with Crippen LogP contribution in [0.4, 0.5) is 14.5 Å².